The molecule has 0 aliphatic heterocycles. The number of nitrogens with zero attached hydrogens (tertiary/aromatic N) is 1. The number of hydrogen-bond acceptors (Lipinski definition) is 3. The van der Waals surface area contributed by atoms with Crippen molar-refractivity contribution in [1.82, 2.24) is 4.98 Å². The first-order valence-electron chi connectivity index (χ1n) is 5.69. The molecule has 0 spiro atoms. The normalized spacial score (nSPS) is 11.5. The second-order valence-electron chi connectivity index (χ2n) is 4.44. The van der Waals surface area contributed by atoms with Gasteiger partial charge in [0, 0.05) is 18.6 Å². The molecule has 0 unspecified atom stereocenters. The third-order valence-electron chi connectivity index (χ3n) is 2.84. The summed E-state index contributed by atoms with van der Waals surface area (Å²) in [6, 6.07) is 5.92. The summed E-state index contributed by atoms with van der Waals surface area (Å²) in [5, 5.41) is 0. The van der Waals surface area contributed by atoms with Gasteiger partial charge in [-0.2, -0.15) is 0 Å². The molecule has 0 fully saturated rings. The van der Waals surface area contributed by atoms with Gasteiger partial charge in [0.15, 0.2) is 0 Å². The molecular weight excluding hydrogens is 202 g/mol. The van der Waals surface area contributed by atoms with E-state index >= 15 is 0 Å². The van der Waals surface area contributed by atoms with Crippen molar-refractivity contribution >= 4 is 0 Å². The molecule has 0 saturated heterocycles. The van der Waals surface area contributed by atoms with Crippen LogP contribution in [0.4, 0.5) is 0 Å². The van der Waals surface area contributed by atoms with Crippen LogP contribution >= 0.6 is 0 Å². The van der Waals surface area contributed by atoms with Gasteiger partial charge in [-0.25, -0.2) is 4.98 Å². The first-order valence-corrected chi connectivity index (χ1v) is 5.69. The van der Waals surface area contributed by atoms with Crippen molar-refractivity contribution in [2.75, 3.05) is 20.3 Å². The van der Waals surface area contributed by atoms with Gasteiger partial charge in [0.25, 0.3) is 0 Å². The van der Waals surface area contributed by atoms with Gasteiger partial charge < -0.3 is 9.47 Å². The number of aromatic nitrogens is 1. The predicted molar refractivity (Wildman–Crippen MR) is 64.9 cm³/mol. The average molecular weight is 223 g/mol. The summed E-state index contributed by atoms with van der Waals surface area (Å²) in [7, 11) is 1.66. The van der Waals surface area contributed by atoms with Crippen LogP contribution in [0.5, 0.6) is 5.88 Å². The number of methoxy groups -OCH3 is 1. The van der Waals surface area contributed by atoms with E-state index in [1.165, 1.54) is 0 Å². The second kappa shape index (κ2) is 5.85. The first kappa shape index (κ1) is 13.0. The molecule has 0 bridgehead atoms. The summed E-state index contributed by atoms with van der Waals surface area (Å²) in [6.07, 6.45) is 1.06. The van der Waals surface area contributed by atoms with Gasteiger partial charge in [-0.15, -0.1) is 0 Å². The summed E-state index contributed by atoms with van der Waals surface area (Å²) < 4.78 is 10.4. The topological polar surface area (TPSA) is 31.4 Å². The molecule has 0 amide bonds. The van der Waals surface area contributed by atoms with E-state index in [-0.39, 0.29) is 5.41 Å². The van der Waals surface area contributed by atoms with E-state index < -0.39 is 0 Å². The van der Waals surface area contributed by atoms with E-state index in [1.54, 1.807) is 7.11 Å². The lowest BCUT2D eigenvalue weighted by Gasteiger charge is -2.22. The van der Waals surface area contributed by atoms with Gasteiger partial charge in [0.05, 0.1) is 12.3 Å². The second-order valence-corrected chi connectivity index (χ2v) is 4.44. The van der Waals surface area contributed by atoms with Gasteiger partial charge in [-0.05, 0) is 12.5 Å². The van der Waals surface area contributed by atoms with Crippen LogP contribution in [-0.4, -0.2) is 25.3 Å². The fourth-order valence-corrected chi connectivity index (χ4v) is 1.28. The molecule has 0 atom stereocenters. The lowest BCUT2D eigenvalue weighted by molar-refractivity contribution is 0.143. The number of hydrogen-bond donors (Lipinski definition) is 0. The fourth-order valence-electron chi connectivity index (χ4n) is 1.28. The van der Waals surface area contributed by atoms with Gasteiger partial charge in [0.1, 0.15) is 6.61 Å². The minimum Gasteiger partial charge on any atom is -0.475 e. The molecule has 0 N–H and O–H groups in total. The maximum Gasteiger partial charge on any atom is 0.213 e. The smallest absolute Gasteiger partial charge is 0.213 e. The molecule has 0 aromatic carbocycles. The lowest BCUT2D eigenvalue weighted by Crippen LogP contribution is -2.18. The van der Waals surface area contributed by atoms with Crippen LogP contribution < -0.4 is 4.74 Å². The molecule has 0 saturated carbocycles. The van der Waals surface area contributed by atoms with E-state index in [4.69, 9.17) is 9.47 Å². The number of ether oxygens (including phenoxy) is 2. The van der Waals surface area contributed by atoms with Crippen molar-refractivity contribution in [3.05, 3.63) is 23.9 Å². The van der Waals surface area contributed by atoms with Gasteiger partial charge in [-0.1, -0.05) is 26.8 Å². The lowest BCUT2D eigenvalue weighted by atomic mass is 9.86. The van der Waals surface area contributed by atoms with Crippen molar-refractivity contribution in [1.29, 1.82) is 0 Å². The molecule has 1 aromatic heterocycles. The standard InChI is InChI=1S/C13H21NO2/c1-5-13(2,3)11-7-6-8-12(14-11)16-10-9-15-4/h6-8H,5,9-10H2,1-4H3. The van der Waals surface area contributed by atoms with E-state index in [2.05, 4.69) is 25.8 Å². The largest absolute Gasteiger partial charge is 0.475 e. The zero-order chi connectivity index (χ0) is 12.0. The van der Waals surface area contributed by atoms with E-state index in [9.17, 15) is 0 Å². The molecule has 0 radical (unpaired) electrons. The van der Waals surface area contributed by atoms with Crippen LogP contribution in [0.3, 0.4) is 0 Å². The minimum atomic E-state index is 0.0978. The van der Waals surface area contributed by atoms with Crippen molar-refractivity contribution < 1.29 is 9.47 Å². The van der Waals surface area contributed by atoms with Gasteiger partial charge in [0.2, 0.25) is 5.88 Å². The Kier molecular flexibility index (Phi) is 4.74. The summed E-state index contributed by atoms with van der Waals surface area (Å²) in [4.78, 5) is 4.51. The predicted octanol–water partition coefficient (Wildman–Crippen LogP) is 2.79. The van der Waals surface area contributed by atoms with Crippen LogP contribution in [0.1, 0.15) is 32.9 Å². The summed E-state index contributed by atoms with van der Waals surface area (Å²) in [6.45, 7) is 7.67. The third kappa shape index (κ3) is 3.49. The van der Waals surface area contributed by atoms with Crippen molar-refractivity contribution in [2.45, 2.75) is 32.6 Å². The molecular formula is C13H21NO2. The monoisotopic (exact) mass is 223 g/mol. The van der Waals surface area contributed by atoms with Gasteiger partial charge >= 0.3 is 0 Å². The average Bonchev–Trinajstić information content (AvgIpc) is 2.30. The van der Waals surface area contributed by atoms with E-state index in [0.29, 0.717) is 19.1 Å². The third-order valence-corrected chi connectivity index (χ3v) is 2.84. The quantitative estimate of drug-likeness (QED) is 0.695. The zero-order valence-corrected chi connectivity index (χ0v) is 10.6. The first-order chi connectivity index (χ1) is 7.60. The SMILES string of the molecule is CCC(C)(C)c1cccc(OCCOC)n1. The Morgan fingerprint density at radius 1 is 1.25 bits per heavy atom. The van der Waals surface area contributed by atoms with Crippen LogP contribution in [0.15, 0.2) is 18.2 Å². The van der Waals surface area contributed by atoms with Crippen LogP contribution in [0, 0.1) is 0 Å². The van der Waals surface area contributed by atoms with E-state index in [1.807, 2.05) is 18.2 Å². The van der Waals surface area contributed by atoms with Crippen molar-refractivity contribution in [3.63, 3.8) is 0 Å². The Morgan fingerprint density at radius 3 is 2.62 bits per heavy atom. The Labute approximate surface area is 97.8 Å². The summed E-state index contributed by atoms with van der Waals surface area (Å²) in [5.74, 6) is 0.677. The Hall–Kier alpha value is -1.09. The highest BCUT2D eigenvalue weighted by Gasteiger charge is 2.19. The molecule has 3 heteroatoms. The highest BCUT2D eigenvalue weighted by atomic mass is 16.5. The van der Waals surface area contributed by atoms with Crippen molar-refractivity contribution in [2.24, 2.45) is 0 Å². The molecule has 0 aliphatic carbocycles. The maximum atomic E-state index is 5.49. The Balaban J connectivity index is 2.71. The highest BCUT2D eigenvalue weighted by Crippen LogP contribution is 2.26. The van der Waals surface area contributed by atoms with Crippen LogP contribution in [0.2, 0.25) is 0 Å². The van der Waals surface area contributed by atoms with Crippen LogP contribution in [0.25, 0.3) is 0 Å². The molecule has 1 heterocycles. The number of pyridine rings is 1. The summed E-state index contributed by atoms with van der Waals surface area (Å²) >= 11 is 0. The molecule has 1 rings (SSSR count). The summed E-state index contributed by atoms with van der Waals surface area (Å²) in [5.41, 5.74) is 1.17. The Morgan fingerprint density at radius 2 is 2.00 bits per heavy atom. The number of rotatable bonds is 6. The molecule has 16 heavy (non-hydrogen) atoms. The highest BCUT2D eigenvalue weighted by molar-refractivity contribution is 5.21. The maximum absolute atomic E-state index is 5.49. The van der Waals surface area contributed by atoms with Gasteiger partial charge in [-0.3, -0.25) is 0 Å². The fraction of sp³-hybridized carbons (Fsp3) is 0.615. The molecule has 0 aliphatic rings. The van der Waals surface area contributed by atoms with E-state index in [0.717, 1.165) is 12.1 Å². The van der Waals surface area contributed by atoms with Crippen molar-refractivity contribution in [3.8, 4) is 5.88 Å². The van der Waals surface area contributed by atoms with Crippen LogP contribution in [-0.2, 0) is 10.2 Å². The molecule has 3 nitrogen and oxygen atoms in total. The zero-order valence-electron chi connectivity index (χ0n) is 10.6. The minimum absolute atomic E-state index is 0.0978. The molecule has 90 valence electrons. The Bertz CT molecular complexity index is 323. The molecule has 1 aromatic rings.